The van der Waals surface area contributed by atoms with Crippen molar-refractivity contribution in [1.29, 1.82) is 0 Å². The standard InChI is InChI=1S/C14H15N3O4/c1-21-8-4-7-17-10-6-3-2-5-9(10)14(12(17)19)11(18)15-13(20)16-14/h2-3,5-6H,4,7-8H2,1H3,(H2,15,16,18,20). The molecule has 2 aliphatic heterocycles. The van der Waals surface area contributed by atoms with Gasteiger partial charge in [0.15, 0.2) is 0 Å². The van der Waals surface area contributed by atoms with Gasteiger partial charge in [-0.1, -0.05) is 18.2 Å². The second-order valence-electron chi connectivity index (χ2n) is 4.98. The van der Waals surface area contributed by atoms with Crippen LogP contribution in [0.5, 0.6) is 0 Å². The maximum Gasteiger partial charge on any atom is 0.323 e. The van der Waals surface area contributed by atoms with Gasteiger partial charge >= 0.3 is 6.03 Å². The number of carbonyl (C=O) groups excluding carboxylic acids is 3. The van der Waals surface area contributed by atoms with E-state index < -0.39 is 23.4 Å². The Morgan fingerprint density at radius 3 is 2.67 bits per heavy atom. The number of para-hydroxylation sites is 1. The average molecular weight is 289 g/mol. The number of nitrogens with zero attached hydrogens (tertiary/aromatic N) is 1. The summed E-state index contributed by atoms with van der Waals surface area (Å²) in [4.78, 5) is 38.0. The van der Waals surface area contributed by atoms with Crippen LogP contribution < -0.4 is 15.5 Å². The van der Waals surface area contributed by atoms with Gasteiger partial charge in [-0.15, -0.1) is 0 Å². The molecule has 0 bridgehead atoms. The number of methoxy groups -OCH3 is 1. The van der Waals surface area contributed by atoms with E-state index in [9.17, 15) is 14.4 Å². The maximum absolute atomic E-state index is 12.7. The third-order valence-corrected chi connectivity index (χ3v) is 3.76. The van der Waals surface area contributed by atoms with Crippen LogP contribution in [-0.2, 0) is 19.9 Å². The highest BCUT2D eigenvalue weighted by atomic mass is 16.5. The Balaban J connectivity index is 2.03. The summed E-state index contributed by atoms with van der Waals surface area (Å²) in [6, 6.07) is 6.34. The van der Waals surface area contributed by atoms with Crippen molar-refractivity contribution in [3.8, 4) is 0 Å². The van der Waals surface area contributed by atoms with Crippen molar-refractivity contribution in [2.75, 3.05) is 25.2 Å². The summed E-state index contributed by atoms with van der Waals surface area (Å²) in [7, 11) is 1.59. The van der Waals surface area contributed by atoms with Crippen LogP contribution in [0.2, 0.25) is 0 Å². The van der Waals surface area contributed by atoms with Crippen LogP contribution in [0.4, 0.5) is 10.5 Å². The predicted molar refractivity (Wildman–Crippen MR) is 73.6 cm³/mol. The molecule has 2 aliphatic rings. The van der Waals surface area contributed by atoms with Crippen LogP contribution in [0.1, 0.15) is 12.0 Å². The average Bonchev–Trinajstić information content (AvgIpc) is 2.90. The molecule has 110 valence electrons. The summed E-state index contributed by atoms with van der Waals surface area (Å²) >= 11 is 0. The molecule has 1 unspecified atom stereocenters. The first-order chi connectivity index (χ1) is 10.1. The summed E-state index contributed by atoms with van der Waals surface area (Å²) in [5.74, 6) is -1.05. The van der Waals surface area contributed by atoms with Gasteiger partial charge in [0.1, 0.15) is 0 Å². The molecule has 21 heavy (non-hydrogen) atoms. The van der Waals surface area contributed by atoms with Gasteiger partial charge in [0, 0.05) is 25.8 Å². The predicted octanol–water partition coefficient (Wildman–Crippen LogP) is 0.104. The normalized spacial score (nSPS) is 23.5. The number of rotatable bonds is 4. The van der Waals surface area contributed by atoms with E-state index in [1.54, 1.807) is 31.4 Å². The van der Waals surface area contributed by atoms with E-state index in [1.165, 1.54) is 4.90 Å². The molecule has 0 aliphatic carbocycles. The monoisotopic (exact) mass is 289 g/mol. The molecule has 1 aromatic carbocycles. The van der Waals surface area contributed by atoms with Gasteiger partial charge in [-0.05, 0) is 12.5 Å². The maximum atomic E-state index is 12.7. The zero-order valence-corrected chi connectivity index (χ0v) is 11.5. The van der Waals surface area contributed by atoms with Gasteiger partial charge in [0.2, 0.25) is 5.54 Å². The lowest BCUT2D eigenvalue weighted by molar-refractivity contribution is -0.133. The number of hydrogen-bond donors (Lipinski definition) is 2. The first-order valence-corrected chi connectivity index (χ1v) is 6.65. The van der Waals surface area contributed by atoms with Gasteiger partial charge in [-0.3, -0.25) is 14.9 Å². The fourth-order valence-corrected chi connectivity index (χ4v) is 2.84. The lowest BCUT2D eigenvalue weighted by atomic mass is 9.92. The van der Waals surface area contributed by atoms with Crippen molar-refractivity contribution in [2.45, 2.75) is 12.0 Å². The van der Waals surface area contributed by atoms with Crippen molar-refractivity contribution >= 4 is 23.5 Å². The molecule has 0 aromatic heterocycles. The summed E-state index contributed by atoms with van der Waals surface area (Å²) in [6.07, 6.45) is 0.641. The van der Waals surface area contributed by atoms with Crippen molar-refractivity contribution in [2.24, 2.45) is 0 Å². The smallest absolute Gasteiger partial charge is 0.323 e. The van der Waals surface area contributed by atoms with Crippen LogP contribution in [-0.4, -0.2) is 38.1 Å². The highest BCUT2D eigenvalue weighted by Gasteiger charge is 2.60. The molecule has 1 atom stereocenters. The van der Waals surface area contributed by atoms with Crippen molar-refractivity contribution in [3.05, 3.63) is 29.8 Å². The highest BCUT2D eigenvalue weighted by Crippen LogP contribution is 2.41. The number of ether oxygens (including phenoxy) is 1. The van der Waals surface area contributed by atoms with Gasteiger partial charge in [-0.25, -0.2) is 4.79 Å². The van der Waals surface area contributed by atoms with Crippen molar-refractivity contribution in [3.63, 3.8) is 0 Å². The number of urea groups is 1. The van der Waals surface area contributed by atoms with Crippen LogP contribution in [0, 0.1) is 0 Å². The Hall–Kier alpha value is -2.41. The molecular formula is C14H15N3O4. The number of benzene rings is 1. The number of amides is 4. The number of nitrogens with one attached hydrogen (secondary N) is 2. The second-order valence-corrected chi connectivity index (χ2v) is 4.98. The van der Waals surface area contributed by atoms with E-state index in [1.807, 2.05) is 0 Å². The lowest BCUT2D eigenvalue weighted by Gasteiger charge is -2.21. The quantitative estimate of drug-likeness (QED) is 0.467. The van der Waals surface area contributed by atoms with Crippen LogP contribution >= 0.6 is 0 Å². The highest BCUT2D eigenvalue weighted by molar-refractivity contribution is 6.27. The number of fused-ring (bicyclic) bond motifs is 2. The molecule has 0 radical (unpaired) electrons. The minimum absolute atomic E-state index is 0.425. The summed E-state index contributed by atoms with van der Waals surface area (Å²) in [5, 5.41) is 4.63. The molecule has 7 heteroatoms. The molecule has 0 saturated carbocycles. The first-order valence-electron chi connectivity index (χ1n) is 6.65. The Bertz CT molecular complexity index is 630. The Morgan fingerprint density at radius 2 is 2.00 bits per heavy atom. The van der Waals surface area contributed by atoms with Gasteiger partial charge < -0.3 is 15.0 Å². The molecule has 1 saturated heterocycles. The number of carbonyl (C=O) groups is 3. The number of hydrogen-bond acceptors (Lipinski definition) is 4. The van der Waals surface area contributed by atoms with E-state index in [2.05, 4.69) is 10.6 Å². The topological polar surface area (TPSA) is 87.7 Å². The number of imide groups is 1. The molecule has 2 N–H and O–H groups in total. The van der Waals surface area contributed by atoms with Gasteiger partial charge in [0.05, 0.1) is 5.69 Å². The van der Waals surface area contributed by atoms with Crippen molar-refractivity contribution < 1.29 is 19.1 Å². The largest absolute Gasteiger partial charge is 0.385 e. The Labute approximate surface area is 121 Å². The van der Waals surface area contributed by atoms with E-state index in [4.69, 9.17) is 4.74 Å². The minimum Gasteiger partial charge on any atom is -0.385 e. The van der Waals surface area contributed by atoms with E-state index in [0.29, 0.717) is 30.8 Å². The summed E-state index contributed by atoms with van der Waals surface area (Å²) in [6.45, 7) is 0.937. The molecular weight excluding hydrogens is 274 g/mol. The van der Waals surface area contributed by atoms with E-state index in [0.717, 1.165) is 0 Å². The number of anilines is 1. The molecule has 2 heterocycles. The fraction of sp³-hybridized carbons (Fsp3) is 0.357. The Kier molecular flexibility index (Phi) is 3.13. The summed E-state index contributed by atoms with van der Waals surface area (Å²) < 4.78 is 4.99. The molecule has 4 amide bonds. The van der Waals surface area contributed by atoms with Crippen molar-refractivity contribution in [1.82, 2.24) is 10.6 Å². The Morgan fingerprint density at radius 1 is 1.24 bits per heavy atom. The zero-order valence-electron chi connectivity index (χ0n) is 11.5. The minimum atomic E-state index is -1.62. The first kappa shape index (κ1) is 13.6. The third kappa shape index (κ3) is 1.81. The lowest BCUT2D eigenvalue weighted by Crippen LogP contribution is -2.52. The molecule has 1 aromatic rings. The fourth-order valence-electron chi connectivity index (χ4n) is 2.84. The van der Waals surface area contributed by atoms with Crippen LogP contribution in [0.25, 0.3) is 0 Å². The second kappa shape index (κ2) is 4.85. The molecule has 7 nitrogen and oxygen atoms in total. The zero-order chi connectivity index (χ0) is 15.0. The summed E-state index contributed by atoms with van der Waals surface area (Å²) in [5.41, 5.74) is -0.465. The third-order valence-electron chi connectivity index (χ3n) is 3.76. The van der Waals surface area contributed by atoms with Gasteiger partial charge in [0.25, 0.3) is 11.8 Å². The van der Waals surface area contributed by atoms with E-state index >= 15 is 0 Å². The van der Waals surface area contributed by atoms with Crippen LogP contribution in [0.15, 0.2) is 24.3 Å². The molecule has 1 spiro atoms. The SMILES string of the molecule is COCCCN1C(=O)C2(NC(=O)NC2=O)c2ccccc21. The van der Waals surface area contributed by atoms with E-state index in [-0.39, 0.29) is 0 Å². The molecule has 1 fully saturated rings. The molecule has 3 rings (SSSR count). The van der Waals surface area contributed by atoms with Gasteiger partial charge in [-0.2, -0.15) is 0 Å². The van der Waals surface area contributed by atoms with Crippen LogP contribution in [0.3, 0.4) is 0 Å².